The predicted molar refractivity (Wildman–Crippen MR) is 60.3 cm³/mol. The van der Waals surface area contributed by atoms with E-state index in [1.165, 1.54) is 0 Å². The molecule has 17 heavy (non-hydrogen) atoms. The first-order valence-corrected chi connectivity index (χ1v) is 6.33. The maximum Gasteiger partial charge on any atom is 0.323 e. The van der Waals surface area contributed by atoms with Crippen LogP contribution < -0.4 is 0 Å². The Labute approximate surface area is 101 Å². The van der Waals surface area contributed by atoms with E-state index in [2.05, 4.69) is 0 Å². The molecule has 0 spiro atoms. The second kappa shape index (κ2) is 5.49. The second-order valence-electron chi connectivity index (χ2n) is 4.47. The van der Waals surface area contributed by atoms with Crippen LogP contribution in [0.1, 0.15) is 32.6 Å². The molecule has 0 aromatic heterocycles. The van der Waals surface area contributed by atoms with Crippen LogP contribution in [-0.4, -0.2) is 48.7 Å². The summed E-state index contributed by atoms with van der Waals surface area (Å²) in [5, 5.41) is 0. The lowest BCUT2D eigenvalue weighted by Gasteiger charge is -2.36. The van der Waals surface area contributed by atoms with Crippen molar-refractivity contribution in [2.45, 2.75) is 44.7 Å². The maximum absolute atomic E-state index is 11.9. The fraction of sp³-hybridized carbons (Fsp3) is 0.833. The predicted octanol–water partition coefficient (Wildman–Crippen LogP) is 0.720. The molecular weight excluding hydrogens is 222 g/mol. The summed E-state index contributed by atoms with van der Waals surface area (Å²) >= 11 is 0. The van der Waals surface area contributed by atoms with Gasteiger partial charge in [0.1, 0.15) is 12.1 Å². The van der Waals surface area contributed by atoms with E-state index in [9.17, 15) is 9.59 Å². The first-order valence-electron chi connectivity index (χ1n) is 6.33. The van der Waals surface area contributed by atoms with Crippen molar-refractivity contribution in [3.8, 4) is 0 Å². The number of carbonyl (C=O) groups is 2. The Balaban J connectivity index is 2.06. The molecule has 0 amide bonds. The molecule has 2 atom stereocenters. The van der Waals surface area contributed by atoms with E-state index in [4.69, 9.17) is 9.47 Å². The molecule has 2 heterocycles. The summed E-state index contributed by atoms with van der Waals surface area (Å²) in [4.78, 5) is 25.4. The van der Waals surface area contributed by atoms with Gasteiger partial charge in [-0.3, -0.25) is 14.5 Å². The molecule has 0 aromatic rings. The fourth-order valence-electron chi connectivity index (χ4n) is 2.60. The smallest absolute Gasteiger partial charge is 0.323 e. The second-order valence-corrected chi connectivity index (χ2v) is 4.47. The van der Waals surface area contributed by atoms with Gasteiger partial charge >= 0.3 is 11.9 Å². The molecule has 0 radical (unpaired) electrons. The van der Waals surface area contributed by atoms with E-state index in [1.54, 1.807) is 6.92 Å². The Morgan fingerprint density at radius 1 is 1.47 bits per heavy atom. The monoisotopic (exact) mass is 241 g/mol. The minimum absolute atomic E-state index is 0.193. The number of piperidine rings is 1. The van der Waals surface area contributed by atoms with Gasteiger partial charge in [0.25, 0.3) is 0 Å². The number of likely N-dealkylation sites (tertiary alicyclic amines) is 1. The molecule has 2 unspecified atom stereocenters. The van der Waals surface area contributed by atoms with Gasteiger partial charge in [0.2, 0.25) is 0 Å². The Kier molecular flexibility index (Phi) is 3.99. The number of rotatable bonds is 3. The molecule has 2 aliphatic heterocycles. The normalized spacial score (nSPS) is 30.1. The zero-order valence-electron chi connectivity index (χ0n) is 10.2. The molecule has 96 valence electrons. The number of ether oxygens (including phenoxy) is 2. The zero-order chi connectivity index (χ0) is 12.3. The zero-order valence-corrected chi connectivity index (χ0v) is 10.2. The van der Waals surface area contributed by atoms with Crippen LogP contribution in [0.5, 0.6) is 0 Å². The first kappa shape index (κ1) is 12.4. The number of carbonyl (C=O) groups excluding carboxylic acids is 2. The summed E-state index contributed by atoms with van der Waals surface area (Å²) in [7, 11) is 0. The molecule has 5 nitrogen and oxygen atoms in total. The molecule has 0 saturated carbocycles. The molecule has 0 N–H and O–H groups in total. The first-order chi connectivity index (χ1) is 8.24. The summed E-state index contributed by atoms with van der Waals surface area (Å²) < 4.78 is 10.0. The fourth-order valence-corrected chi connectivity index (χ4v) is 2.60. The van der Waals surface area contributed by atoms with E-state index in [-0.39, 0.29) is 24.0 Å². The third-order valence-electron chi connectivity index (χ3n) is 3.41. The molecule has 5 heteroatoms. The average molecular weight is 241 g/mol. The van der Waals surface area contributed by atoms with Crippen LogP contribution in [0.4, 0.5) is 0 Å². The van der Waals surface area contributed by atoms with E-state index in [0.717, 1.165) is 25.8 Å². The molecule has 2 saturated heterocycles. The van der Waals surface area contributed by atoms with Crippen LogP contribution in [0.15, 0.2) is 0 Å². The standard InChI is InChI=1S/C12H19NO4/c1-2-16-11(14)9-5-3-4-7-13(9)10-6-8-17-12(10)15/h9-10H,2-8H2,1H3. The van der Waals surface area contributed by atoms with Crippen molar-refractivity contribution >= 4 is 11.9 Å². The van der Waals surface area contributed by atoms with Gasteiger partial charge in [-0.05, 0) is 26.3 Å². The molecule has 0 bridgehead atoms. The van der Waals surface area contributed by atoms with Crippen molar-refractivity contribution < 1.29 is 19.1 Å². The summed E-state index contributed by atoms with van der Waals surface area (Å²) in [6.07, 6.45) is 3.51. The maximum atomic E-state index is 11.9. The van der Waals surface area contributed by atoms with Crippen LogP contribution in [0, 0.1) is 0 Å². The highest BCUT2D eigenvalue weighted by Crippen LogP contribution is 2.25. The van der Waals surface area contributed by atoms with Gasteiger partial charge in [-0.1, -0.05) is 6.42 Å². The average Bonchev–Trinajstić information content (AvgIpc) is 2.76. The Morgan fingerprint density at radius 3 is 2.94 bits per heavy atom. The van der Waals surface area contributed by atoms with Gasteiger partial charge in [-0.2, -0.15) is 0 Å². The van der Waals surface area contributed by atoms with Gasteiger partial charge < -0.3 is 9.47 Å². The van der Waals surface area contributed by atoms with E-state index in [0.29, 0.717) is 19.6 Å². The number of hydrogen-bond donors (Lipinski definition) is 0. The van der Waals surface area contributed by atoms with Crippen LogP contribution in [-0.2, 0) is 19.1 Å². The minimum Gasteiger partial charge on any atom is -0.465 e. The Morgan fingerprint density at radius 2 is 2.29 bits per heavy atom. The van der Waals surface area contributed by atoms with Crippen molar-refractivity contribution in [2.75, 3.05) is 19.8 Å². The lowest BCUT2D eigenvalue weighted by atomic mass is 9.99. The summed E-state index contributed by atoms with van der Waals surface area (Å²) in [6.45, 7) is 3.44. The quantitative estimate of drug-likeness (QED) is 0.681. The highest BCUT2D eigenvalue weighted by Gasteiger charge is 2.40. The van der Waals surface area contributed by atoms with Crippen molar-refractivity contribution in [2.24, 2.45) is 0 Å². The lowest BCUT2D eigenvalue weighted by Crippen LogP contribution is -2.52. The SMILES string of the molecule is CCOC(=O)C1CCCCN1C1CCOC1=O. The molecule has 2 rings (SSSR count). The topological polar surface area (TPSA) is 55.8 Å². The van der Waals surface area contributed by atoms with Gasteiger partial charge in [0, 0.05) is 6.42 Å². The largest absolute Gasteiger partial charge is 0.465 e. The number of nitrogens with zero attached hydrogens (tertiary/aromatic N) is 1. The molecule has 0 aromatic carbocycles. The summed E-state index contributed by atoms with van der Waals surface area (Å²) in [5.74, 6) is -0.395. The van der Waals surface area contributed by atoms with E-state index < -0.39 is 0 Å². The summed E-state index contributed by atoms with van der Waals surface area (Å²) in [6, 6.07) is -0.510. The van der Waals surface area contributed by atoms with Crippen molar-refractivity contribution in [3.63, 3.8) is 0 Å². The molecule has 2 aliphatic rings. The van der Waals surface area contributed by atoms with Crippen LogP contribution in [0.3, 0.4) is 0 Å². The molecule has 2 fully saturated rings. The highest BCUT2D eigenvalue weighted by molar-refractivity contribution is 5.80. The van der Waals surface area contributed by atoms with E-state index in [1.807, 2.05) is 4.90 Å². The highest BCUT2D eigenvalue weighted by atomic mass is 16.5. The molecular formula is C12H19NO4. The lowest BCUT2D eigenvalue weighted by molar-refractivity contribution is -0.154. The van der Waals surface area contributed by atoms with Crippen molar-refractivity contribution in [3.05, 3.63) is 0 Å². The van der Waals surface area contributed by atoms with Gasteiger partial charge in [-0.25, -0.2) is 0 Å². The van der Waals surface area contributed by atoms with Gasteiger partial charge in [0.15, 0.2) is 0 Å². The summed E-state index contributed by atoms with van der Waals surface area (Å²) in [5.41, 5.74) is 0. The van der Waals surface area contributed by atoms with Crippen LogP contribution in [0.2, 0.25) is 0 Å². The Bertz CT molecular complexity index is 305. The van der Waals surface area contributed by atoms with Crippen LogP contribution >= 0.6 is 0 Å². The number of esters is 2. The van der Waals surface area contributed by atoms with Crippen molar-refractivity contribution in [1.29, 1.82) is 0 Å². The van der Waals surface area contributed by atoms with Gasteiger partial charge in [0.05, 0.1) is 13.2 Å². The Hall–Kier alpha value is -1.10. The molecule has 0 aliphatic carbocycles. The number of hydrogen-bond acceptors (Lipinski definition) is 5. The van der Waals surface area contributed by atoms with Crippen LogP contribution in [0.25, 0.3) is 0 Å². The third kappa shape index (κ3) is 2.60. The van der Waals surface area contributed by atoms with E-state index >= 15 is 0 Å². The number of cyclic esters (lactones) is 1. The minimum atomic E-state index is -0.264. The van der Waals surface area contributed by atoms with Gasteiger partial charge in [-0.15, -0.1) is 0 Å². The van der Waals surface area contributed by atoms with Crippen molar-refractivity contribution in [1.82, 2.24) is 4.90 Å². The third-order valence-corrected chi connectivity index (χ3v) is 3.41.